The number of hydrogen-bond acceptors (Lipinski definition) is 5. The van der Waals surface area contributed by atoms with Crippen LogP contribution in [0.15, 0.2) is 18.5 Å². The molecule has 142 valence electrons. The lowest BCUT2D eigenvalue weighted by molar-refractivity contribution is 0.0497. The minimum atomic E-state index is -0.757. The second kappa shape index (κ2) is 6.93. The summed E-state index contributed by atoms with van der Waals surface area (Å²) in [5.74, 6) is -0.644. The Bertz CT molecular complexity index is 831. The zero-order chi connectivity index (χ0) is 19.7. The number of amides is 1. The summed E-state index contributed by atoms with van der Waals surface area (Å²) in [4.78, 5) is 28.4. The van der Waals surface area contributed by atoms with Crippen LogP contribution in [0, 0.1) is 5.82 Å². The van der Waals surface area contributed by atoms with Crippen LogP contribution in [0.4, 0.5) is 14.0 Å². The monoisotopic (exact) mass is 365 g/mol. The van der Waals surface area contributed by atoms with Crippen LogP contribution in [0.25, 0.3) is 10.9 Å². The fourth-order valence-corrected chi connectivity index (χ4v) is 2.29. The van der Waals surface area contributed by atoms with Crippen molar-refractivity contribution >= 4 is 23.1 Å². The van der Waals surface area contributed by atoms with E-state index >= 15 is 0 Å². The van der Waals surface area contributed by atoms with Crippen molar-refractivity contribution in [2.45, 2.75) is 59.3 Å². The molecule has 1 amide bonds. The predicted molar refractivity (Wildman–Crippen MR) is 94.4 cm³/mol. The maximum atomic E-state index is 14.8. The van der Waals surface area contributed by atoms with Gasteiger partial charge in [-0.15, -0.1) is 0 Å². The number of nitrogens with zero attached hydrogens (tertiary/aromatic N) is 2. The Kier molecular flexibility index (Phi) is 5.25. The highest BCUT2D eigenvalue weighted by Crippen LogP contribution is 2.25. The van der Waals surface area contributed by atoms with Crippen LogP contribution in [-0.4, -0.2) is 32.9 Å². The molecule has 2 aromatic heterocycles. The normalized spacial score (nSPS) is 12.1. The summed E-state index contributed by atoms with van der Waals surface area (Å²) in [6, 6.07) is 1.51. The average Bonchev–Trinajstić information content (AvgIpc) is 2.75. The fourth-order valence-electron chi connectivity index (χ4n) is 2.29. The van der Waals surface area contributed by atoms with E-state index in [-0.39, 0.29) is 17.6 Å². The van der Waals surface area contributed by atoms with E-state index in [1.807, 2.05) is 0 Å². The second-order valence-corrected chi connectivity index (χ2v) is 7.82. The Morgan fingerprint density at radius 1 is 1.15 bits per heavy atom. The molecular formula is C18H24FN3O4. The summed E-state index contributed by atoms with van der Waals surface area (Å²) in [5.41, 5.74) is -1.17. The minimum Gasteiger partial charge on any atom is -0.444 e. The van der Waals surface area contributed by atoms with Gasteiger partial charge in [0.1, 0.15) is 11.2 Å². The van der Waals surface area contributed by atoms with Crippen LogP contribution < -0.4 is 5.32 Å². The number of carbonyl (C=O) groups is 2. The molecule has 0 saturated heterocycles. The van der Waals surface area contributed by atoms with Gasteiger partial charge in [0.15, 0.2) is 5.82 Å². The number of halogens is 1. The van der Waals surface area contributed by atoms with Crippen molar-refractivity contribution in [3.05, 3.63) is 30.0 Å². The van der Waals surface area contributed by atoms with Gasteiger partial charge in [0.05, 0.1) is 23.1 Å². The second-order valence-electron chi connectivity index (χ2n) is 7.82. The first-order valence-corrected chi connectivity index (χ1v) is 8.22. The minimum absolute atomic E-state index is 0.0342. The van der Waals surface area contributed by atoms with Crippen LogP contribution in [0.5, 0.6) is 0 Å². The number of aromatic nitrogens is 2. The fraction of sp³-hybridized carbons (Fsp3) is 0.500. The third-order valence-corrected chi connectivity index (χ3v) is 3.17. The first-order valence-electron chi connectivity index (χ1n) is 8.22. The van der Waals surface area contributed by atoms with Crippen LogP contribution in [0.2, 0.25) is 0 Å². The SMILES string of the molecule is CC(C)(C)OC(=O)NCc1c(F)c2cnccc2n1C(=O)OC(C)(C)C. The molecule has 0 aliphatic heterocycles. The summed E-state index contributed by atoms with van der Waals surface area (Å²) in [7, 11) is 0. The van der Waals surface area contributed by atoms with Gasteiger partial charge in [-0.1, -0.05) is 0 Å². The third-order valence-electron chi connectivity index (χ3n) is 3.17. The molecule has 7 nitrogen and oxygen atoms in total. The highest BCUT2D eigenvalue weighted by Gasteiger charge is 2.26. The number of hydrogen-bond donors (Lipinski definition) is 1. The summed E-state index contributed by atoms with van der Waals surface area (Å²) in [5, 5.41) is 2.63. The number of rotatable bonds is 2. The lowest BCUT2D eigenvalue weighted by Gasteiger charge is -2.21. The molecule has 0 spiro atoms. The predicted octanol–water partition coefficient (Wildman–Crippen LogP) is 3.98. The molecule has 0 unspecified atom stereocenters. The Balaban J connectivity index is 2.38. The number of alkyl carbamates (subject to hydrolysis) is 1. The molecule has 0 radical (unpaired) electrons. The van der Waals surface area contributed by atoms with Crippen LogP contribution in [0.3, 0.4) is 0 Å². The van der Waals surface area contributed by atoms with Crippen molar-refractivity contribution in [2.24, 2.45) is 0 Å². The summed E-state index contributed by atoms with van der Waals surface area (Å²) in [6.45, 7) is 10.1. The Hall–Kier alpha value is -2.64. The average molecular weight is 365 g/mol. The molecule has 0 fully saturated rings. The molecule has 0 saturated carbocycles. The molecule has 0 aromatic carbocycles. The number of fused-ring (bicyclic) bond motifs is 1. The van der Waals surface area contributed by atoms with Crippen LogP contribution >= 0.6 is 0 Å². The van der Waals surface area contributed by atoms with Crippen LogP contribution in [-0.2, 0) is 16.0 Å². The van der Waals surface area contributed by atoms with Gasteiger partial charge in [0.25, 0.3) is 0 Å². The van der Waals surface area contributed by atoms with Gasteiger partial charge in [0, 0.05) is 12.4 Å². The van der Waals surface area contributed by atoms with Crippen molar-refractivity contribution in [2.75, 3.05) is 0 Å². The van der Waals surface area contributed by atoms with E-state index in [0.717, 1.165) is 4.57 Å². The maximum Gasteiger partial charge on any atom is 0.419 e. The maximum absolute atomic E-state index is 14.8. The molecule has 2 aromatic rings. The molecule has 0 bridgehead atoms. The highest BCUT2D eigenvalue weighted by atomic mass is 19.1. The zero-order valence-corrected chi connectivity index (χ0v) is 15.8. The van der Waals surface area contributed by atoms with Crippen molar-refractivity contribution in [3.63, 3.8) is 0 Å². The zero-order valence-electron chi connectivity index (χ0n) is 15.8. The van der Waals surface area contributed by atoms with Crippen LogP contribution in [0.1, 0.15) is 47.2 Å². The topological polar surface area (TPSA) is 82.5 Å². The molecule has 8 heteroatoms. The molecule has 2 rings (SSSR count). The molecule has 26 heavy (non-hydrogen) atoms. The van der Waals surface area contributed by atoms with E-state index < -0.39 is 29.2 Å². The van der Waals surface area contributed by atoms with E-state index in [9.17, 15) is 14.0 Å². The van der Waals surface area contributed by atoms with E-state index in [1.165, 1.54) is 18.5 Å². The first kappa shape index (κ1) is 19.7. The van der Waals surface area contributed by atoms with Crippen molar-refractivity contribution in [1.82, 2.24) is 14.9 Å². The van der Waals surface area contributed by atoms with Gasteiger partial charge in [-0.05, 0) is 47.6 Å². The quantitative estimate of drug-likeness (QED) is 0.870. The molecule has 1 N–H and O–H groups in total. The van der Waals surface area contributed by atoms with Crippen molar-refractivity contribution < 1.29 is 23.5 Å². The lowest BCUT2D eigenvalue weighted by Crippen LogP contribution is -2.34. The highest BCUT2D eigenvalue weighted by molar-refractivity contribution is 5.91. The van der Waals surface area contributed by atoms with Gasteiger partial charge in [0.2, 0.25) is 0 Å². The van der Waals surface area contributed by atoms with E-state index in [4.69, 9.17) is 9.47 Å². The van der Waals surface area contributed by atoms with Gasteiger partial charge in [-0.25, -0.2) is 18.5 Å². The molecule has 0 aliphatic rings. The van der Waals surface area contributed by atoms with E-state index in [0.29, 0.717) is 5.52 Å². The first-order chi connectivity index (χ1) is 11.9. The summed E-state index contributed by atoms with van der Waals surface area (Å²) < 4.78 is 26.4. The van der Waals surface area contributed by atoms with Crippen molar-refractivity contribution in [3.8, 4) is 0 Å². The Morgan fingerprint density at radius 3 is 2.35 bits per heavy atom. The van der Waals surface area contributed by atoms with Crippen molar-refractivity contribution in [1.29, 1.82) is 0 Å². The number of nitrogens with one attached hydrogen (secondary N) is 1. The smallest absolute Gasteiger partial charge is 0.419 e. The Morgan fingerprint density at radius 2 is 1.77 bits per heavy atom. The van der Waals surface area contributed by atoms with Gasteiger partial charge in [-0.3, -0.25) is 4.98 Å². The number of pyridine rings is 1. The third kappa shape index (κ3) is 4.71. The van der Waals surface area contributed by atoms with Gasteiger partial charge in [-0.2, -0.15) is 0 Å². The number of ether oxygens (including phenoxy) is 2. The van der Waals surface area contributed by atoms with E-state index in [2.05, 4.69) is 10.3 Å². The number of carbonyl (C=O) groups excluding carboxylic acids is 2. The standard InChI is InChI=1S/C18H24FN3O4/c1-17(2,3)25-15(23)21-10-13-14(19)11-9-20-8-7-12(11)22(13)16(24)26-18(4,5)6/h7-9H,10H2,1-6H3,(H,21,23). The Labute approximate surface area is 151 Å². The van der Waals surface area contributed by atoms with Gasteiger partial charge >= 0.3 is 12.2 Å². The summed E-state index contributed by atoms with van der Waals surface area (Å²) in [6.07, 6.45) is 1.32. The lowest BCUT2D eigenvalue weighted by atomic mass is 10.2. The molecular weight excluding hydrogens is 341 g/mol. The summed E-state index contributed by atoms with van der Waals surface area (Å²) >= 11 is 0. The largest absolute Gasteiger partial charge is 0.444 e. The molecule has 2 heterocycles. The van der Waals surface area contributed by atoms with Gasteiger partial charge < -0.3 is 14.8 Å². The molecule has 0 atom stereocenters. The molecule has 0 aliphatic carbocycles. The van der Waals surface area contributed by atoms with E-state index in [1.54, 1.807) is 41.5 Å².